The highest BCUT2D eigenvalue weighted by Gasteiger charge is 2.67. The van der Waals surface area contributed by atoms with Crippen molar-refractivity contribution in [2.75, 3.05) is 25.5 Å². The Morgan fingerprint density at radius 2 is 2.17 bits per heavy atom. The lowest BCUT2D eigenvalue weighted by molar-refractivity contribution is -0.923. The van der Waals surface area contributed by atoms with E-state index in [0.29, 0.717) is 12.0 Å². The van der Waals surface area contributed by atoms with E-state index in [-0.39, 0.29) is 5.41 Å². The molecule has 3 heteroatoms. The molecule has 3 nitrogen and oxygen atoms in total. The Morgan fingerprint density at radius 1 is 1.35 bits per heavy atom. The first kappa shape index (κ1) is 13.6. The van der Waals surface area contributed by atoms with E-state index in [9.17, 15) is 4.79 Å². The summed E-state index contributed by atoms with van der Waals surface area (Å²) >= 11 is 0. The fourth-order valence-electron chi connectivity index (χ4n) is 6.07. The van der Waals surface area contributed by atoms with E-state index in [1.807, 2.05) is 0 Å². The third-order valence-electron chi connectivity index (χ3n) is 7.06. The monoisotopic (exact) mass is 307 g/mol. The topological polar surface area (TPSA) is 29.1 Å². The number of fused-ring (bicyclic) bond motifs is 2. The number of aldehydes is 1. The first-order chi connectivity index (χ1) is 11.1. The van der Waals surface area contributed by atoms with Gasteiger partial charge in [-0.05, 0) is 24.1 Å². The van der Waals surface area contributed by atoms with Crippen molar-refractivity contribution in [2.24, 2.45) is 5.92 Å². The van der Waals surface area contributed by atoms with Crippen molar-refractivity contribution in [3.63, 3.8) is 0 Å². The fourth-order valence-corrected chi connectivity index (χ4v) is 6.07. The van der Waals surface area contributed by atoms with Gasteiger partial charge in [0.05, 0.1) is 19.0 Å². The molecule has 4 atom stereocenters. The van der Waals surface area contributed by atoms with Crippen molar-refractivity contribution in [3.05, 3.63) is 52.7 Å². The van der Waals surface area contributed by atoms with Crippen molar-refractivity contribution in [1.82, 2.24) is 0 Å². The summed E-state index contributed by atoms with van der Waals surface area (Å²) in [7, 11) is 2.42. The van der Waals surface area contributed by atoms with Crippen LogP contribution >= 0.6 is 0 Å². The molecule has 3 aliphatic heterocycles. The van der Waals surface area contributed by atoms with Crippen LogP contribution in [0.3, 0.4) is 0 Å². The van der Waals surface area contributed by atoms with Crippen LogP contribution in [0.1, 0.15) is 25.3 Å². The van der Waals surface area contributed by atoms with Crippen LogP contribution in [-0.4, -0.2) is 36.9 Å². The zero-order valence-corrected chi connectivity index (χ0v) is 13.8. The number of piperidine rings is 1. The minimum Gasteiger partial charge on any atom is -0.357 e. The van der Waals surface area contributed by atoms with Crippen LogP contribution in [0.2, 0.25) is 0 Å². The standard InChI is InChI=1S/C20H22N2O/c1-3-13-11-22(2)9-8-20-16-6-4-5-7-17(16)21-19(20)15(12-23)14(13)10-18(20)22/h3-7,12,14,18H,8-11H2,1-2H3/p+1/b13-3-/t14-,18+,20-,22?/m1/s1. The average molecular weight is 307 g/mol. The van der Waals surface area contributed by atoms with Crippen LogP contribution in [0.4, 0.5) is 5.69 Å². The normalized spacial score (nSPS) is 41.6. The van der Waals surface area contributed by atoms with Gasteiger partial charge in [0, 0.05) is 35.7 Å². The number of anilines is 1. The molecular formula is C20H23N2O+. The molecule has 1 spiro atoms. The van der Waals surface area contributed by atoms with Gasteiger partial charge in [-0.2, -0.15) is 0 Å². The van der Waals surface area contributed by atoms with Crippen molar-refractivity contribution >= 4 is 12.0 Å². The highest BCUT2D eigenvalue weighted by Crippen LogP contribution is 2.62. The number of carbonyl (C=O) groups is 1. The highest BCUT2D eigenvalue weighted by molar-refractivity contribution is 5.84. The minimum atomic E-state index is 0.0390. The number of likely N-dealkylation sites (N-methyl/N-ethyl adjacent to an activating group) is 1. The maximum absolute atomic E-state index is 12.0. The molecule has 0 saturated carbocycles. The predicted molar refractivity (Wildman–Crippen MR) is 91.0 cm³/mol. The molecule has 1 aromatic rings. The fraction of sp³-hybridized carbons (Fsp3) is 0.450. The van der Waals surface area contributed by atoms with Gasteiger partial charge in [0.15, 0.2) is 0 Å². The highest BCUT2D eigenvalue weighted by atomic mass is 16.1. The lowest BCUT2D eigenvalue weighted by atomic mass is 9.61. The molecule has 2 fully saturated rings. The number of benzene rings is 1. The number of nitrogens with zero attached hydrogens (tertiary/aromatic N) is 1. The molecule has 5 rings (SSSR count). The van der Waals surface area contributed by atoms with Gasteiger partial charge in [0.1, 0.15) is 18.9 Å². The van der Waals surface area contributed by atoms with Crippen LogP contribution in [0.15, 0.2) is 47.2 Å². The first-order valence-electron chi connectivity index (χ1n) is 8.70. The summed E-state index contributed by atoms with van der Waals surface area (Å²) < 4.78 is 1.13. The molecule has 118 valence electrons. The van der Waals surface area contributed by atoms with Crippen LogP contribution in [0.5, 0.6) is 0 Å². The summed E-state index contributed by atoms with van der Waals surface area (Å²) in [5.41, 5.74) is 6.35. The Balaban J connectivity index is 1.85. The Bertz CT molecular complexity index is 793. The predicted octanol–water partition coefficient (Wildman–Crippen LogP) is 3.00. The van der Waals surface area contributed by atoms with Crippen molar-refractivity contribution < 1.29 is 9.28 Å². The molecule has 1 aromatic carbocycles. The summed E-state index contributed by atoms with van der Waals surface area (Å²) in [6.45, 7) is 4.42. The summed E-state index contributed by atoms with van der Waals surface area (Å²) in [4.78, 5) is 12.0. The molecular weight excluding hydrogens is 284 g/mol. The largest absolute Gasteiger partial charge is 0.357 e. The quantitative estimate of drug-likeness (QED) is 0.491. The zero-order valence-electron chi connectivity index (χ0n) is 13.8. The number of allylic oxidation sites excluding steroid dienone is 2. The second-order valence-corrected chi connectivity index (χ2v) is 7.87. The molecule has 2 saturated heterocycles. The van der Waals surface area contributed by atoms with E-state index in [4.69, 9.17) is 0 Å². The maximum Gasteiger partial charge on any atom is 0.148 e. The third kappa shape index (κ3) is 1.38. The summed E-state index contributed by atoms with van der Waals surface area (Å²) in [6, 6.07) is 9.27. The van der Waals surface area contributed by atoms with Crippen molar-refractivity contribution in [3.8, 4) is 0 Å². The number of rotatable bonds is 1. The summed E-state index contributed by atoms with van der Waals surface area (Å²) in [5.74, 6) is 0.316. The number of hydrogen-bond donors (Lipinski definition) is 1. The van der Waals surface area contributed by atoms with Crippen molar-refractivity contribution in [2.45, 2.75) is 31.2 Å². The van der Waals surface area contributed by atoms with Crippen LogP contribution < -0.4 is 5.32 Å². The number of hydrogen-bond acceptors (Lipinski definition) is 2. The number of quaternary nitrogens is 1. The SMILES string of the molecule is C/C=C1/C[N+]2(C)CC[C@]34C(=C(C=O)[C@@H]1C[C@@H]32)Nc1ccccc14. The molecule has 1 N–H and O–H groups in total. The minimum absolute atomic E-state index is 0.0390. The van der Waals surface area contributed by atoms with E-state index >= 15 is 0 Å². The third-order valence-corrected chi connectivity index (χ3v) is 7.06. The van der Waals surface area contributed by atoms with Gasteiger partial charge in [-0.3, -0.25) is 4.79 Å². The molecule has 0 amide bonds. The van der Waals surface area contributed by atoms with E-state index in [2.05, 4.69) is 49.6 Å². The maximum atomic E-state index is 12.0. The molecule has 1 unspecified atom stereocenters. The van der Waals surface area contributed by atoms with Gasteiger partial charge in [-0.25, -0.2) is 0 Å². The Labute approximate surface area is 137 Å². The Kier molecular flexibility index (Phi) is 2.45. The van der Waals surface area contributed by atoms with Crippen LogP contribution in [0.25, 0.3) is 0 Å². The number of nitrogens with one attached hydrogen (secondary N) is 1. The zero-order chi connectivity index (χ0) is 15.8. The molecule has 2 bridgehead atoms. The van der Waals surface area contributed by atoms with Gasteiger partial charge < -0.3 is 9.80 Å². The van der Waals surface area contributed by atoms with E-state index in [1.54, 1.807) is 0 Å². The lowest BCUT2D eigenvalue weighted by Crippen LogP contribution is -2.61. The van der Waals surface area contributed by atoms with Gasteiger partial charge in [-0.1, -0.05) is 24.3 Å². The van der Waals surface area contributed by atoms with Crippen LogP contribution in [0, 0.1) is 5.92 Å². The number of carbonyl (C=O) groups excluding carboxylic acids is 1. The number of para-hydroxylation sites is 1. The second kappa shape index (κ2) is 4.15. The van der Waals surface area contributed by atoms with Crippen LogP contribution in [-0.2, 0) is 10.2 Å². The molecule has 0 aromatic heterocycles. The van der Waals surface area contributed by atoms with E-state index in [1.165, 1.54) is 29.1 Å². The second-order valence-electron chi connectivity index (χ2n) is 7.87. The average Bonchev–Trinajstić information content (AvgIpc) is 3.08. The van der Waals surface area contributed by atoms with Gasteiger partial charge in [0.25, 0.3) is 0 Å². The van der Waals surface area contributed by atoms with Gasteiger partial charge in [-0.15, -0.1) is 0 Å². The smallest absolute Gasteiger partial charge is 0.148 e. The molecule has 23 heavy (non-hydrogen) atoms. The van der Waals surface area contributed by atoms with Crippen molar-refractivity contribution in [1.29, 1.82) is 0 Å². The first-order valence-corrected chi connectivity index (χ1v) is 8.70. The Hall–Kier alpha value is -1.87. The Morgan fingerprint density at radius 3 is 2.96 bits per heavy atom. The summed E-state index contributed by atoms with van der Waals surface area (Å²) in [6.07, 6.45) is 5.65. The molecule has 0 radical (unpaired) electrons. The van der Waals surface area contributed by atoms with E-state index in [0.717, 1.165) is 35.7 Å². The molecule has 4 aliphatic rings. The van der Waals surface area contributed by atoms with Gasteiger partial charge in [0.2, 0.25) is 0 Å². The lowest BCUT2D eigenvalue weighted by Gasteiger charge is -2.51. The molecule has 1 aliphatic carbocycles. The van der Waals surface area contributed by atoms with E-state index < -0.39 is 0 Å². The van der Waals surface area contributed by atoms with Gasteiger partial charge >= 0.3 is 0 Å². The molecule has 3 heterocycles. The summed E-state index contributed by atoms with van der Waals surface area (Å²) in [5, 5.41) is 3.66.